The van der Waals surface area contributed by atoms with Crippen molar-refractivity contribution in [1.82, 2.24) is 0 Å². The number of carboxylic acid groups (broad SMARTS) is 1. The number of carbonyl (C=O) groups excluding carboxylic acids is 1. The van der Waals surface area contributed by atoms with Crippen LogP contribution in [0.3, 0.4) is 0 Å². The van der Waals surface area contributed by atoms with E-state index in [-0.39, 0.29) is 12.5 Å². The van der Waals surface area contributed by atoms with Gasteiger partial charge in [0.2, 0.25) is 0 Å². The monoisotopic (exact) mass is 414 g/mol. The fraction of sp³-hybridized carbons (Fsp3) is 0.400. The minimum Gasteiger partial charge on any atom is -0.480 e. The zero-order chi connectivity index (χ0) is 20.4. The number of benzene rings is 1. The van der Waals surface area contributed by atoms with Crippen LogP contribution in [0.1, 0.15) is 33.1 Å². The predicted molar refractivity (Wildman–Crippen MR) is 106 cm³/mol. The van der Waals surface area contributed by atoms with Gasteiger partial charge in [-0.1, -0.05) is 42.8 Å². The molecule has 1 aromatic carbocycles. The summed E-state index contributed by atoms with van der Waals surface area (Å²) < 4.78 is 10.8. The first-order valence-corrected chi connectivity index (χ1v) is 9.26. The molecule has 0 aliphatic rings. The number of rotatable bonds is 11. The van der Waals surface area contributed by atoms with Crippen molar-refractivity contribution in [3.63, 3.8) is 0 Å². The number of esters is 1. The Hall–Kier alpha value is -1.98. The number of carbonyl (C=O) groups is 2. The van der Waals surface area contributed by atoms with Crippen molar-refractivity contribution in [2.75, 3.05) is 6.61 Å². The number of allylic oxidation sites excluding steroid dienone is 1. The molecule has 1 rings (SSSR count). The number of halogens is 2. The summed E-state index contributed by atoms with van der Waals surface area (Å²) in [5, 5.41) is 9.39. The zero-order valence-corrected chi connectivity index (χ0v) is 16.9. The van der Waals surface area contributed by atoms with E-state index in [0.29, 0.717) is 28.6 Å². The third kappa shape index (κ3) is 9.50. The standard InChI is InChI=1S/C20H24Cl2O5/c1-13(2)17(9-7-14(3)5-4-6-19(23)24)27-20(25)12-26-18-10-8-15(21)11-16(18)22/h4,6,8,10-11,14,17H,1,5,7,9,12H2,2-3H3,(H,23,24)/b6-4+. The van der Waals surface area contributed by atoms with Gasteiger partial charge in [-0.25, -0.2) is 9.59 Å². The molecule has 0 heterocycles. The lowest BCUT2D eigenvalue weighted by molar-refractivity contribution is -0.150. The van der Waals surface area contributed by atoms with E-state index in [1.54, 1.807) is 25.1 Å². The minimum atomic E-state index is -0.961. The molecule has 0 bridgehead atoms. The second-order valence-corrected chi connectivity index (χ2v) is 7.19. The molecule has 7 heteroatoms. The smallest absolute Gasteiger partial charge is 0.344 e. The average Bonchev–Trinajstić information content (AvgIpc) is 2.57. The van der Waals surface area contributed by atoms with Crippen LogP contribution in [0, 0.1) is 5.92 Å². The molecule has 0 saturated heterocycles. The van der Waals surface area contributed by atoms with Gasteiger partial charge in [-0.05, 0) is 55.9 Å². The maximum Gasteiger partial charge on any atom is 0.344 e. The molecular formula is C20H24Cl2O5. The van der Waals surface area contributed by atoms with E-state index < -0.39 is 18.0 Å². The largest absolute Gasteiger partial charge is 0.480 e. The van der Waals surface area contributed by atoms with Crippen LogP contribution in [0.25, 0.3) is 0 Å². The highest BCUT2D eigenvalue weighted by Gasteiger charge is 2.17. The fourth-order valence-corrected chi connectivity index (χ4v) is 2.75. The quantitative estimate of drug-likeness (QED) is 0.301. The van der Waals surface area contributed by atoms with E-state index in [9.17, 15) is 9.59 Å². The summed E-state index contributed by atoms with van der Waals surface area (Å²) in [6, 6.07) is 4.73. The lowest BCUT2D eigenvalue weighted by Crippen LogP contribution is -2.24. The van der Waals surface area contributed by atoms with Gasteiger partial charge >= 0.3 is 11.9 Å². The molecule has 0 aliphatic heterocycles. The van der Waals surface area contributed by atoms with Gasteiger partial charge in [0.15, 0.2) is 6.61 Å². The van der Waals surface area contributed by atoms with Crippen molar-refractivity contribution in [2.24, 2.45) is 5.92 Å². The zero-order valence-electron chi connectivity index (χ0n) is 15.4. The number of hydrogen-bond acceptors (Lipinski definition) is 4. The van der Waals surface area contributed by atoms with E-state index in [1.807, 2.05) is 6.92 Å². The second kappa shape index (κ2) is 11.7. The third-order valence-corrected chi connectivity index (χ3v) is 4.31. The van der Waals surface area contributed by atoms with Crippen LogP contribution in [0.2, 0.25) is 10.0 Å². The summed E-state index contributed by atoms with van der Waals surface area (Å²) in [4.78, 5) is 22.5. The SMILES string of the molecule is C=C(C)C(CCC(C)C/C=C/C(=O)O)OC(=O)COc1ccc(Cl)cc1Cl. The molecule has 0 radical (unpaired) electrons. The van der Waals surface area contributed by atoms with Crippen molar-refractivity contribution >= 4 is 35.1 Å². The minimum absolute atomic E-state index is 0.255. The molecule has 0 amide bonds. The summed E-state index contributed by atoms with van der Waals surface area (Å²) >= 11 is 11.8. The Morgan fingerprint density at radius 3 is 2.59 bits per heavy atom. The molecular weight excluding hydrogens is 391 g/mol. The normalized spacial score (nSPS) is 13.2. The number of ether oxygens (including phenoxy) is 2. The van der Waals surface area contributed by atoms with Crippen molar-refractivity contribution in [3.05, 3.63) is 52.5 Å². The summed E-state index contributed by atoms with van der Waals surface area (Å²) in [5.41, 5.74) is 0.737. The van der Waals surface area contributed by atoms with Crippen LogP contribution < -0.4 is 4.74 Å². The maximum atomic E-state index is 12.1. The van der Waals surface area contributed by atoms with E-state index in [2.05, 4.69) is 6.58 Å². The Kier molecular flexibility index (Phi) is 9.97. The topological polar surface area (TPSA) is 72.8 Å². The van der Waals surface area contributed by atoms with E-state index in [0.717, 1.165) is 18.1 Å². The highest BCUT2D eigenvalue weighted by atomic mass is 35.5. The van der Waals surface area contributed by atoms with Crippen molar-refractivity contribution in [2.45, 2.75) is 39.2 Å². The van der Waals surface area contributed by atoms with Gasteiger partial charge in [-0.15, -0.1) is 0 Å². The third-order valence-electron chi connectivity index (χ3n) is 3.78. The Bertz CT molecular complexity index is 700. The molecule has 0 aromatic heterocycles. The summed E-state index contributed by atoms with van der Waals surface area (Å²) in [6.45, 7) is 7.40. The lowest BCUT2D eigenvalue weighted by atomic mass is 9.97. The van der Waals surface area contributed by atoms with Crippen LogP contribution >= 0.6 is 23.2 Å². The van der Waals surface area contributed by atoms with Crippen LogP contribution in [0.4, 0.5) is 0 Å². The van der Waals surface area contributed by atoms with Crippen LogP contribution in [0.15, 0.2) is 42.5 Å². The van der Waals surface area contributed by atoms with Crippen molar-refractivity contribution < 1.29 is 24.2 Å². The molecule has 0 aliphatic carbocycles. The Labute approximate surface area is 169 Å². The molecule has 0 fully saturated rings. The average molecular weight is 415 g/mol. The van der Waals surface area contributed by atoms with Gasteiger partial charge < -0.3 is 14.6 Å². The second-order valence-electron chi connectivity index (χ2n) is 6.35. The van der Waals surface area contributed by atoms with Crippen LogP contribution in [-0.4, -0.2) is 29.8 Å². The first-order valence-electron chi connectivity index (χ1n) is 8.51. The number of hydrogen-bond donors (Lipinski definition) is 1. The number of aliphatic carboxylic acids is 1. The maximum absolute atomic E-state index is 12.1. The van der Waals surface area contributed by atoms with E-state index in [1.165, 1.54) is 6.07 Å². The number of carboxylic acids is 1. The molecule has 2 unspecified atom stereocenters. The van der Waals surface area contributed by atoms with Gasteiger partial charge in [0.1, 0.15) is 11.9 Å². The summed E-state index contributed by atoms with van der Waals surface area (Å²) in [6.07, 6.45) is 4.34. The molecule has 27 heavy (non-hydrogen) atoms. The Balaban J connectivity index is 2.47. The highest BCUT2D eigenvalue weighted by Crippen LogP contribution is 2.27. The highest BCUT2D eigenvalue weighted by molar-refractivity contribution is 6.35. The van der Waals surface area contributed by atoms with E-state index in [4.69, 9.17) is 37.8 Å². The van der Waals surface area contributed by atoms with E-state index >= 15 is 0 Å². The molecule has 2 atom stereocenters. The molecule has 148 valence electrons. The van der Waals surface area contributed by atoms with Crippen molar-refractivity contribution in [3.8, 4) is 5.75 Å². The lowest BCUT2D eigenvalue weighted by Gasteiger charge is -2.20. The summed E-state index contributed by atoms with van der Waals surface area (Å²) in [7, 11) is 0. The van der Waals surface area contributed by atoms with Crippen molar-refractivity contribution in [1.29, 1.82) is 0 Å². The Morgan fingerprint density at radius 2 is 2.00 bits per heavy atom. The predicted octanol–water partition coefficient (Wildman–Crippen LogP) is 5.31. The van der Waals surface area contributed by atoms with Crippen LogP contribution in [0.5, 0.6) is 5.75 Å². The summed E-state index contributed by atoms with van der Waals surface area (Å²) in [5.74, 6) is -0.877. The van der Waals surface area contributed by atoms with Gasteiger partial charge in [-0.3, -0.25) is 0 Å². The first-order chi connectivity index (χ1) is 12.7. The van der Waals surface area contributed by atoms with Gasteiger partial charge in [0.25, 0.3) is 0 Å². The van der Waals surface area contributed by atoms with Gasteiger partial charge in [0.05, 0.1) is 5.02 Å². The molecule has 5 nitrogen and oxygen atoms in total. The molecule has 0 spiro atoms. The fourth-order valence-electron chi connectivity index (χ4n) is 2.28. The molecule has 0 saturated carbocycles. The molecule has 1 aromatic rings. The van der Waals surface area contributed by atoms with Gasteiger partial charge in [0, 0.05) is 11.1 Å². The molecule has 1 N–H and O–H groups in total. The first kappa shape index (κ1) is 23.1. The van der Waals surface area contributed by atoms with Gasteiger partial charge in [-0.2, -0.15) is 0 Å². The Morgan fingerprint density at radius 1 is 1.30 bits per heavy atom. The van der Waals surface area contributed by atoms with Crippen LogP contribution in [-0.2, 0) is 14.3 Å².